The van der Waals surface area contributed by atoms with Crippen LogP contribution in [0.2, 0.25) is 0 Å². The van der Waals surface area contributed by atoms with Crippen LogP contribution in [0, 0.1) is 21.4 Å². The fourth-order valence-corrected chi connectivity index (χ4v) is 2.50. The van der Waals surface area contributed by atoms with E-state index >= 15 is 0 Å². The van der Waals surface area contributed by atoms with Crippen molar-refractivity contribution in [2.45, 2.75) is 4.90 Å². The Morgan fingerprint density at radius 3 is 2.62 bits per heavy atom. The number of rotatable bonds is 4. The quantitative estimate of drug-likeness (QED) is 0.676. The van der Waals surface area contributed by atoms with E-state index < -0.39 is 14.9 Å². The van der Waals surface area contributed by atoms with Crippen LogP contribution >= 0.6 is 0 Å². The average molecular weight is 304 g/mol. The number of benzene rings is 1. The molecule has 0 amide bonds. The number of sulfonamides is 1. The zero-order chi connectivity index (χ0) is 15.5. The zero-order valence-electron chi connectivity index (χ0n) is 10.4. The van der Waals surface area contributed by atoms with Gasteiger partial charge in [-0.1, -0.05) is 6.07 Å². The predicted octanol–water partition coefficient (Wildman–Crippen LogP) is 1.66. The second kappa shape index (κ2) is 5.56. The van der Waals surface area contributed by atoms with Crippen LogP contribution in [0.5, 0.6) is 0 Å². The first-order valence-corrected chi connectivity index (χ1v) is 7.04. The highest BCUT2D eigenvalue weighted by Crippen LogP contribution is 2.20. The Morgan fingerprint density at radius 1 is 1.29 bits per heavy atom. The number of nitrogens with one attached hydrogen (secondary N) is 1. The lowest BCUT2D eigenvalue weighted by molar-refractivity contribution is -0.384. The molecule has 0 aliphatic heterocycles. The second-order valence-corrected chi connectivity index (χ2v) is 5.59. The predicted molar refractivity (Wildman–Crippen MR) is 72.9 cm³/mol. The Morgan fingerprint density at radius 2 is 2.05 bits per heavy atom. The van der Waals surface area contributed by atoms with Gasteiger partial charge in [-0.2, -0.15) is 5.26 Å². The Bertz CT molecular complexity index is 825. The van der Waals surface area contributed by atoms with Crippen LogP contribution in [0.15, 0.2) is 47.5 Å². The molecule has 2 aromatic rings. The lowest BCUT2D eigenvalue weighted by Gasteiger charge is -2.07. The third kappa shape index (κ3) is 3.31. The molecular formula is C12H8N4O4S. The van der Waals surface area contributed by atoms with Gasteiger partial charge in [0, 0.05) is 18.3 Å². The van der Waals surface area contributed by atoms with Gasteiger partial charge in [0.05, 0.1) is 10.6 Å². The van der Waals surface area contributed by atoms with E-state index in [1.165, 1.54) is 30.3 Å². The van der Waals surface area contributed by atoms with Gasteiger partial charge in [-0.05, 0) is 18.2 Å². The van der Waals surface area contributed by atoms with E-state index in [1.807, 2.05) is 0 Å². The van der Waals surface area contributed by atoms with Crippen LogP contribution in [0.3, 0.4) is 0 Å². The van der Waals surface area contributed by atoms with Crippen molar-refractivity contribution in [2.75, 3.05) is 4.72 Å². The van der Waals surface area contributed by atoms with E-state index in [4.69, 9.17) is 5.26 Å². The van der Waals surface area contributed by atoms with Gasteiger partial charge in [-0.25, -0.2) is 13.4 Å². The molecule has 0 saturated heterocycles. The topological polar surface area (TPSA) is 126 Å². The standard InChI is InChI=1S/C12H8N4O4S/c13-7-10-4-5-12(8-14-10)21(19,20)15-9-2-1-3-11(6-9)16(17)18/h1-6,8,15H. The summed E-state index contributed by atoms with van der Waals surface area (Å²) in [6.45, 7) is 0. The number of nitro groups is 1. The molecule has 2 rings (SSSR count). The molecule has 0 unspecified atom stereocenters. The third-order valence-corrected chi connectivity index (χ3v) is 3.84. The molecule has 1 aromatic heterocycles. The van der Waals surface area contributed by atoms with Crippen LogP contribution < -0.4 is 4.72 Å². The average Bonchev–Trinajstić information content (AvgIpc) is 2.47. The fourth-order valence-electron chi connectivity index (χ4n) is 1.50. The number of nitrogens with zero attached hydrogens (tertiary/aromatic N) is 3. The molecule has 0 saturated carbocycles. The van der Waals surface area contributed by atoms with Gasteiger partial charge in [0.2, 0.25) is 0 Å². The molecule has 1 N–H and O–H groups in total. The summed E-state index contributed by atoms with van der Waals surface area (Å²) < 4.78 is 26.4. The van der Waals surface area contributed by atoms with Gasteiger partial charge in [-0.15, -0.1) is 0 Å². The van der Waals surface area contributed by atoms with E-state index in [1.54, 1.807) is 6.07 Å². The Balaban J connectivity index is 2.30. The van der Waals surface area contributed by atoms with Crippen LogP contribution in [-0.4, -0.2) is 18.3 Å². The highest BCUT2D eigenvalue weighted by atomic mass is 32.2. The molecule has 0 atom stereocenters. The molecule has 0 radical (unpaired) electrons. The van der Waals surface area contributed by atoms with Crippen LogP contribution in [0.4, 0.5) is 11.4 Å². The minimum Gasteiger partial charge on any atom is -0.279 e. The Hall–Kier alpha value is -2.99. The van der Waals surface area contributed by atoms with Crippen molar-refractivity contribution < 1.29 is 13.3 Å². The summed E-state index contributed by atoms with van der Waals surface area (Å²) in [5, 5.41) is 19.3. The molecule has 0 aliphatic rings. The summed E-state index contributed by atoms with van der Waals surface area (Å²) in [5.41, 5.74) is -0.0778. The molecule has 1 heterocycles. The Labute approximate surface area is 119 Å². The molecule has 9 heteroatoms. The summed E-state index contributed by atoms with van der Waals surface area (Å²) >= 11 is 0. The first-order chi connectivity index (χ1) is 9.92. The number of nitro benzene ring substituents is 1. The highest BCUT2D eigenvalue weighted by Gasteiger charge is 2.16. The van der Waals surface area contributed by atoms with Crippen molar-refractivity contribution in [2.24, 2.45) is 0 Å². The maximum Gasteiger partial charge on any atom is 0.271 e. The van der Waals surface area contributed by atoms with E-state index in [0.29, 0.717) is 0 Å². The lowest BCUT2D eigenvalue weighted by atomic mass is 10.3. The van der Waals surface area contributed by atoms with Crippen molar-refractivity contribution in [3.63, 3.8) is 0 Å². The SMILES string of the molecule is N#Cc1ccc(S(=O)(=O)Nc2cccc([N+](=O)[O-])c2)cn1. The molecule has 0 fully saturated rings. The summed E-state index contributed by atoms with van der Waals surface area (Å²) in [5.74, 6) is 0. The van der Waals surface area contributed by atoms with Crippen molar-refractivity contribution in [1.29, 1.82) is 5.26 Å². The summed E-state index contributed by atoms with van der Waals surface area (Å²) in [6.07, 6.45) is 1.04. The van der Waals surface area contributed by atoms with E-state index in [-0.39, 0.29) is 22.0 Å². The van der Waals surface area contributed by atoms with E-state index in [9.17, 15) is 18.5 Å². The van der Waals surface area contributed by atoms with Crippen LogP contribution in [-0.2, 0) is 10.0 Å². The first kappa shape index (κ1) is 14.4. The Kier molecular flexibility index (Phi) is 3.82. The van der Waals surface area contributed by atoms with Crippen molar-refractivity contribution in [3.8, 4) is 6.07 Å². The van der Waals surface area contributed by atoms with E-state index in [2.05, 4.69) is 9.71 Å². The smallest absolute Gasteiger partial charge is 0.271 e. The zero-order valence-corrected chi connectivity index (χ0v) is 11.2. The molecule has 0 bridgehead atoms. The summed E-state index contributed by atoms with van der Waals surface area (Å²) in [7, 11) is -3.93. The minimum absolute atomic E-state index is 0.0635. The largest absolute Gasteiger partial charge is 0.279 e. The van der Waals surface area contributed by atoms with Gasteiger partial charge >= 0.3 is 0 Å². The lowest BCUT2D eigenvalue weighted by Crippen LogP contribution is -2.13. The summed E-state index contributed by atoms with van der Waals surface area (Å²) in [6, 6.07) is 9.38. The maximum atomic E-state index is 12.1. The van der Waals surface area contributed by atoms with Crippen LogP contribution in [0.25, 0.3) is 0 Å². The van der Waals surface area contributed by atoms with Crippen molar-refractivity contribution in [1.82, 2.24) is 4.98 Å². The minimum atomic E-state index is -3.93. The number of aromatic nitrogens is 1. The summed E-state index contributed by atoms with van der Waals surface area (Å²) in [4.78, 5) is 13.5. The normalized spacial score (nSPS) is 10.6. The fraction of sp³-hybridized carbons (Fsp3) is 0. The van der Waals surface area contributed by atoms with Gasteiger partial charge in [0.1, 0.15) is 16.7 Å². The van der Waals surface area contributed by atoms with Crippen molar-refractivity contribution in [3.05, 3.63) is 58.4 Å². The van der Waals surface area contributed by atoms with E-state index in [0.717, 1.165) is 12.3 Å². The second-order valence-electron chi connectivity index (χ2n) is 3.90. The van der Waals surface area contributed by atoms with Gasteiger partial charge < -0.3 is 0 Å². The van der Waals surface area contributed by atoms with Gasteiger partial charge in [-0.3, -0.25) is 14.8 Å². The number of pyridine rings is 1. The molecule has 1 aromatic carbocycles. The number of non-ortho nitro benzene ring substituents is 1. The first-order valence-electron chi connectivity index (χ1n) is 5.56. The number of hydrogen-bond acceptors (Lipinski definition) is 6. The number of hydrogen-bond donors (Lipinski definition) is 1. The molecule has 0 spiro atoms. The van der Waals surface area contributed by atoms with Gasteiger partial charge in [0.15, 0.2) is 0 Å². The monoisotopic (exact) mass is 304 g/mol. The van der Waals surface area contributed by atoms with Crippen LogP contribution in [0.1, 0.15) is 5.69 Å². The maximum absolute atomic E-state index is 12.1. The molecular weight excluding hydrogens is 296 g/mol. The number of anilines is 1. The third-order valence-electron chi connectivity index (χ3n) is 2.47. The van der Waals surface area contributed by atoms with Crippen molar-refractivity contribution >= 4 is 21.4 Å². The molecule has 0 aliphatic carbocycles. The molecule has 8 nitrogen and oxygen atoms in total. The van der Waals surface area contributed by atoms with Gasteiger partial charge in [0.25, 0.3) is 15.7 Å². The number of nitriles is 1. The highest BCUT2D eigenvalue weighted by molar-refractivity contribution is 7.92. The molecule has 21 heavy (non-hydrogen) atoms. The molecule has 106 valence electrons.